The van der Waals surface area contributed by atoms with E-state index in [4.69, 9.17) is 11.1 Å². The summed E-state index contributed by atoms with van der Waals surface area (Å²) in [7, 11) is 0. The Bertz CT molecular complexity index is 319. The Morgan fingerprint density at radius 2 is 2.00 bits per heavy atom. The molecule has 3 nitrogen and oxygen atoms in total. The molecule has 0 aromatic heterocycles. The fourth-order valence-corrected chi connectivity index (χ4v) is 1.78. The standard InChI is InChI=1S/C9H11N3Se/c1-7(10)13-9(11)12-8-5-3-2-4-6-8/h2-6,10H,1H3,(H2,11,12). The topological polar surface area (TPSA) is 62.2 Å². The van der Waals surface area contributed by atoms with Crippen molar-refractivity contribution in [2.24, 2.45) is 10.7 Å². The Morgan fingerprint density at radius 3 is 2.54 bits per heavy atom. The first-order chi connectivity index (χ1) is 6.18. The number of hydrogen-bond acceptors (Lipinski definition) is 2. The molecule has 1 aromatic carbocycles. The van der Waals surface area contributed by atoms with E-state index >= 15 is 0 Å². The molecule has 0 radical (unpaired) electrons. The van der Waals surface area contributed by atoms with E-state index in [1.54, 1.807) is 6.92 Å². The molecular weight excluding hydrogens is 229 g/mol. The van der Waals surface area contributed by atoms with Gasteiger partial charge in [-0.05, 0) is 0 Å². The van der Waals surface area contributed by atoms with E-state index in [1.807, 2.05) is 30.3 Å². The van der Waals surface area contributed by atoms with E-state index in [0.717, 1.165) is 5.69 Å². The van der Waals surface area contributed by atoms with E-state index < -0.39 is 0 Å². The van der Waals surface area contributed by atoms with Crippen LogP contribution in [0.25, 0.3) is 0 Å². The Kier molecular flexibility index (Phi) is 3.68. The van der Waals surface area contributed by atoms with Crippen molar-refractivity contribution in [1.82, 2.24) is 0 Å². The first-order valence-corrected chi connectivity index (χ1v) is 5.52. The number of amidine groups is 1. The number of nitrogens with one attached hydrogen (secondary N) is 1. The van der Waals surface area contributed by atoms with Gasteiger partial charge < -0.3 is 0 Å². The Morgan fingerprint density at radius 1 is 1.38 bits per heavy atom. The van der Waals surface area contributed by atoms with Crippen LogP contribution in [0.2, 0.25) is 0 Å². The van der Waals surface area contributed by atoms with Crippen molar-refractivity contribution in [1.29, 1.82) is 5.41 Å². The van der Waals surface area contributed by atoms with Gasteiger partial charge in [0.25, 0.3) is 0 Å². The van der Waals surface area contributed by atoms with Crippen LogP contribution in [0.3, 0.4) is 0 Å². The van der Waals surface area contributed by atoms with E-state index in [2.05, 4.69) is 4.99 Å². The van der Waals surface area contributed by atoms with Gasteiger partial charge in [0.05, 0.1) is 0 Å². The third kappa shape index (κ3) is 3.87. The predicted molar refractivity (Wildman–Crippen MR) is 56.9 cm³/mol. The Labute approximate surface area is 83.7 Å². The molecule has 0 heterocycles. The Hall–Kier alpha value is -1.12. The van der Waals surface area contributed by atoms with Gasteiger partial charge in [0.15, 0.2) is 0 Å². The van der Waals surface area contributed by atoms with Gasteiger partial charge in [-0.1, -0.05) is 0 Å². The normalized spacial score (nSPS) is 11.3. The van der Waals surface area contributed by atoms with Crippen LogP contribution >= 0.6 is 0 Å². The average molecular weight is 240 g/mol. The van der Waals surface area contributed by atoms with Crippen LogP contribution in [0.1, 0.15) is 6.92 Å². The van der Waals surface area contributed by atoms with E-state index in [1.165, 1.54) is 0 Å². The van der Waals surface area contributed by atoms with E-state index in [0.29, 0.717) is 9.34 Å². The minimum absolute atomic E-state index is 0.101. The molecule has 0 spiro atoms. The molecule has 0 saturated carbocycles. The molecule has 0 atom stereocenters. The maximum atomic E-state index is 7.26. The molecule has 1 aromatic rings. The molecule has 13 heavy (non-hydrogen) atoms. The maximum absolute atomic E-state index is 7.26. The molecule has 3 N–H and O–H groups in total. The van der Waals surface area contributed by atoms with Crippen LogP contribution in [-0.2, 0) is 0 Å². The summed E-state index contributed by atoms with van der Waals surface area (Å²) in [6.07, 6.45) is 0. The van der Waals surface area contributed by atoms with Crippen LogP contribution in [0.5, 0.6) is 0 Å². The van der Waals surface area contributed by atoms with Gasteiger partial charge in [0.1, 0.15) is 0 Å². The number of benzene rings is 1. The Balaban J connectivity index is 2.71. The molecule has 0 amide bonds. The summed E-state index contributed by atoms with van der Waals surface area (Å²) in [6.45, 7) is 1.74. The van der Waals surface area contributed by atoms with Crippen LogP contribution in [0, 0.1) is 5.41 Å². The van der Waals surface area contributed by atoms with Gasteiger partial charge in [-0.3, -0.25) is 0 Å². The number of para-hydroxylation sites is 1. The fourth-order valence-electron chi connectivity index (χ4n) is 0.809. The number of rotatable bonds is 3. The van der Waals surface area contributed by atoms with Crippen LogP contribution in [-0.4, -0.2) is 24.3 Å². The third-order valence-corrected chi connectivity index (χ3v) is 2.53. The number of aliphatic imine (C=N–C) groups is 1. The molecule has 0 aliphatic carbocycles. The fraction of sp³-hybridized carbons (Fsp3) is 0.111. The first-order valence-electron chi connectivity index (χ1n) is 3.80. The molecule has 1 rings (SSSR count). The summed E-state index contributed by atoms with van der Waals surface area (Å²) in [5.41, 5.74) is 6.49. The van der Waals surface area contributed by atoms with Gasteiger partial charge in [-0.25, -0.2) is 0 Å². The summed E-state index contributed by atoms with van der Waals surface area (Å²) >= 11 is -0.101. The number of nitrogens with zero attached hydrogens (tertiary/aromatic N) is 1. The summed E-state index contributed by atoms with van der Waals surface area (Å²) in [4.78, 5) is 4.18. The molecule has 0 saturated heterocycles. The van der Waals surface area contributed by atoms with Crippen LogP contribution in [0.15, 0.2) is 35.3 Å². The van der Waals surface area contributed by atoms with Gasteiger partial charge in [0, 0.05) is 0 Å². The molecule has 0 fully saturated rings. The van der Waals surface area contributed by atoms with Crippen LogP contribution in [0.4, 0.5) is 5.69 Å². The van der Waals surface area contributed by atoms with Gasteiger partial charge in [0.2, 0.25) is 0 Å². The molecule has 4 heteroatoms. The van der Waals surface area contributed by atoms with Crippen molar-refractivity contribution in [2.75, 3.05) is 0 Å². The second kappa shape index (κ2) is 4.80. The van der Waals surface area contributed by atoms with E-state index in [-0.39, 0.29) is 15.0 Å². The molecule has 0 aliphatic rings. The summed E-state index contributed by atoms with van der Waals surface area (Å²) in [6, 6.07) is 9.54. The summed E-state index contributed by atoms with van der Waals surface area (Å²) in [5.74, 6) is 0. The number of nitrogens with two attached hydrogens (primary N) is 1. The number of hydrogen-bond donors (Lipinski definition) is 2. The second-order valence-corrected chi connectivity index (χ2v) is 5.03. The molecule has 0 aliphatic heterocycles. The summed E-state index contributed by atoms with van der Waals surface area (Å²) in [5, 5.41) is 7.26. The monoisotopic (exact) mass is 241 g/mol. The SMILES string of the molecule is CC(=N)[Se]C(N)=Nc1ccccc1. The van der Waals surface area contributed by atoms with E-state index in [9.17, 15) is 0 Å². The zero-order valence-electron chi connectivity index (χ0n) is 7.32. The van der Waals surface area contributed by atoms with Gasteiger partial charge >= 0.3 is 83.4 Å². The minimum atomic E-state index is -0.101. The zero-order chi connectivity index (χ0) is 9.68. The molecular formula is C9H11N3Se. The van der Waals surface area contributed by atoms with Crippen molar-refractivity contribution in [3.05, 3.63) is 30.3 Å². The third-order valence-electron chi connectivity index (χ3n) is 1.25. The zero-order valence-corrected chi connectivity index (χ0v) is 9.03. The van der Waals surface area contributed by atoms with Gasteiger partial charge in [-0.15, -0.1) is 0 Å². The quantitative estimate of drug-likeness (QED) is 0.467. The van der Waals surface area contributed by atoms with Gasteiger partial charge in [-0.2, -0.15) is 0 Å². The first kappa shape index (κ1) is 9.96. The van der Waals surface area contributed by atoms with Crippen molar-refractivity contribution >= 4 is 30.0 Å². The van der Waals surface area contributed by atoms with Crippen molar-refractivity contribution < 1.29 is 0 Å². The molecule has 0 unspecified atom stereocenters. The summed E-state index contributed by atoms with van der Waals surface area (Å²) < 4.78 is 1.14. The second-order valence-electron chi connectivity index (χ2n) is 2.44. The molecule has 68 valence electrons. The molecule has 0 bridgehead atoms. The van der Waals surface area contributed by atoms with Crippen LogP contribution < -0.4 is 5.73 Å². The predicted octanol–water partition coefficient (Wildman–Crippen LogP) is 1.33. The van der Waals surface area contributed by atoms with Crippen molar-refractivity contribution in [3.63, 3.8) is 0 Å². The van der Waals surface area contributed by atoms with Crippen molar-refractivity contribution in [2.45, 2.75) is 6.92 Å². The van der Waals surface area contributed by atoms with Crippen molar-refractivity contribution in [3.8, 4) is 0 Å². The average Bonchev–Trinajstić information content (AvgIpc) is 2.04.